The van der Waals surface area contributed by atoms with Crippen molar-refractivity contribution in [2.24, 2.45) is 23.7 Å². The minimum atomic E-state index is -0.378. The van der Waals surface area contributed by atoms with Crippen molar-refractivity contribution >= 4 is 17.5 Å². The smallest absolute Gasteiger partial charge is 0.240 e. The molecule has 1 atom stereocenters. The van der Waals surface area contributed by atoms with E-state index in [9.17, 15) is 4.79 Å². The SMILES string of the molecule is CC(Cl)C(=O)N(C)C1C2CC3CC(C2)CC1C3. The number of rotatable bonds is 2. The predicted octanol–water partition coefficient (Wildman–Crippen LogP) is 2.90. The summed E-state index contributed by atoms with van der Waals surface area (Å²) in [5.41, 5.74) is 0. The summed E-state index contributed by atoms with van der Waals surface area (Å²) in [4.78, 5) is 14.0. The van der Waals surface area contributed by atoms with Gasteiger partial charge in [0.25, 0.3) is 0 Å². The highest BCUT2D eigenvalue weighted by Gasteiger charge is 2.50. The van der Waals surface area contributed by atoms with Gasteiger partial charge in [-0.1, -0.05) is 0 Å². The Hall–Kier alpha value is -0.240. The van der Waals surface area contributed by atoms with Crippen LogP contribution in [0.2, 0.25) is 0 Å². The van der Waals surface area contributed by atoms with Crippen LogP contribution in [0.1, 0.15) is 39.0 Å². The van der Waals surface area contributed by atoms with E-state index in [1.165, 1.54) is 32.1 Å². The molecule has 1 unspecified atom stereocenters. The predicted molar refractivity (Wildman–Crippen MR) is 68.9 cm³/mol. The molecule has 17 heavy (non-hydrogen) atoms. The number of hydrogen-bond donors (Lipinski definition) is 0. The van der Waals surface area contributed by atoms with Crippen molar-refractivity contribution in [3.63, 3.8) is 0 Å². The van der Waals surface area contributed by atoms with E-state index < -0.39 is 0 Å². The Morgan fingerprint density at radius 2 is 1.59 bits per heavy atom. The van der Waals surface area contributed by atoms with Gasteiger partial charge in [0.15, 0.2) is 0 Å². The molecule has 0 aromatic rings. The summed E-state index contributed by atoms with van der Waals surface area (Å²) >= 11 is 5.95. The van der Waals surface area contributed by atoms with Crippen molar-refractivity contribution in [1.29, 1.82) is 0 Å². The van der Waals surface area contributed by atoms with Gasteiger partial charge in [0.2, 0.25) is 5.91 Å². The zero-order chi connectivity index (χ0) is 12.2. The molecule has 3 heteroatoms. The summed E-state index contributed by atoms with van der Waals surface area (Å²) < 4.78 is 0. The molecular formula is C14H22ClNO. The van der Waals surface area contributed by atoms with Crippen LogP contribution in [0.15, 0.2) is 0 Å². The van der Waals surface area contributed by atoms with E-state index in [1.54, 1.807) is 6.92 Å². The van der Waals surface area contributed by atoms with Gasteiger partial charge in [-0.05, 0) is 62.7 Å². The fourth-order valence-corrected chi connectivity index (χ4v) is 5.11. The second-order valence-electron chi connectivity index (χ2n) is 6.49. The quantitative estimate of drug-likeness (QED) is 0.695. The molecule has 0 aromatic carbocycles. The van der Waals surface area contributed by atoms with Crippen molar-refractivity contribution in [2.75, 3.05) is 7.05 Å². The van der Waals surface area contributed by atoms with Crippen molar-refractivity contribution in [1.82, 2.24) is 4.90 Å². The summed E-state index contributed by atoms with van der Waals surface area (Å²) in [7, 11) is 1.97. The van der Waals surface area contributed by atoms with E-state index in [-0.39, 0.29) is 11.3 Å². The van der Waals surface area contributed by atoms with E-state index in [0.717, 1.165) is 23.7 Å². The van der Waals surface area contributed by atoms with Gasteiger partial charge in [0.1, 0.15) is 5.38 Å². The van der Waals surface area contributed by atoms with Crippen molar-refractivity contribution in [3.05, 3.63) is 0 Å². The number of alkyl halides is 1. The lowest BCUT2D eigenvalue weighted by atomic mass is 9.54. The van der Waals surface area contributed by atoms with E-state index in [0.29, 0.717) is 6.04 Å². The van der Waals surface area contributed by atoms with Gasteiger partial charge in [-0.25, -0.2) is 0 Å². The standard InChI is InChI=1S/C14H22ClNO/c1-8(15)14(17)16(2)13-11-4-9-3-10(6-11)7-12(13)5-9/h8-13H,3-7H2,1-2H3. The lowest BCUT2D eigenvalue weighted by molar-refractivity contribution is -0.140. The summed E-state index contributed by atoms with van der Waals surface area (Å²) in [5.74, 6) is 3.56. The third-order valence-electron chi connectivity index (χ3n) is 5.31. The number of hydrogen-bond acceptors (Lipinski definition) is 1. The summed E-state index contributed by atoms with van der Waals surface area (Å²) in [6.45, 7) is 1.79. The molecule has 2 nitrogen and oxygen atoms in total. The Bertz CT molecular complexity index is 300. The summed E-state index contributed by atoms with van der Waals surface area (Å²) in [6.07, 6.45) is 6.87. The molecule has 4 aliphatic carbocycles. The molecule has 0 saturated heterocycles. The molecule has 0 radical (unpaired) electrons. The molecule has 96 valence electrons. The van der Waals surface area contributed by atoms with Gasteiger partial charge >= 0.3 is 0 Å². The maximum absolute atomic E-state index is 12.1. The fraction of sp³-hybridized carbons (Fsp3) is 0.929. The zero-order valence-electron chi connectivity index (χ0n) is 10.7. The van der Waals surface area contributed by atoms with Crippen LogP contribution in [-0.4, -0.2) is 29.3 Å². The first-order chi connectivity index (χ1) is 8.06. The van der Waals surface area contributed by atoms with Crippen LogP contribution in [-0.2, 0) is 4.79 Å². The molecule has 4 fully saturated rings. The molecule has 4 bridgehead atoms. The van der Waals surface area contributed by atoms with Crippen molar-refractivity contribution in [3.8, 4) is 0 Å². The van der Waals surface area contributed by atoms with Crippen LogP contribution in [0.4, 0.5) is 0 Å². The van der Waals surface area contributed by atoms with Gasteiger partial charge < -0.3 is 4.90 Å². The summed E-state index contributed by atoms with van der Waals surface area (Å²) in [5, 5.41) is -0.378. The lowest BCUT2D eigenvalue weighted by Crippen LogP contribution is -2.57. The first kappa shape index (κ1) is 11.8. The molecule has 0 N–H and O–H groups in total. The summed E-state index contributed by atoms with van der Waals surface area (Å²) in [6, 6.07) is 0.483. The average Bonchev–Trinajstić information content (AvgIpc) is 2.26. The molecule has 4 saturated carbocycles. The highest BCUT2D eigenvalue weighted by atomic mass is 35.5. The number of carbonyl (C=O) groups excluding carboxylic acids is 1. The van der Waals surface area contributed by atoms with Crippen molar-refractivity contribution in [2.45, 2.75) is 50.4 Å². The maximum Gasteiger partial charge on any atom is 0.240 e. The third kappa shape index (κ3) is 1.89. The first-order valence-corrected chi connectivity index (χ1v) is 7.40. The molecule has 0 heterocycles. The molecule has 0 spiro atoms. The average molecular weight is 256 g/mol. The van der Waals surface area contributed by atoms with Crippen LogP contribution < -0.4 is 0 Å². The number of halogens is 1. The second kappa shape index (κ2) is 4.15. The Kier molecular flexibility index (Phi) is 2.89. The molecular weight excluding hydrogens is 234 g/mol. The van der Waals surface area contributed by atoms with Crippen LogP contribution in [0, 0.1) is 23.7 Å². The minimum Gasteiger partial charge on any atom is -0.341 e. The van der Waals surface area contributed by atoms with Crippen LogP contribution >= 0.6 is 11.6 Å². The van der Waals surface area contributed by atoms with Crippen molar-refractivity contribution < 1.29 is 4.79 Å². The van der Waals surface area contributed by atoms with E-state index in [2.05, 4.69) is 0 Å². The van der Waals surface area contributed by atoms with E-state index in [4.69, 9.17) is 11.6 Å². The topological polar surface area (TPSA) is 20.3 Å². The van der Waals surface area contributed by atoms with Gasteiger partial charge in [0.05, 0.1) is 0 Å². The van der Waals surface area contributed by atoms with Crippen LogP contribution in [0.5, 0.6) is 0 Å². The van der Waals surface area contributed by atoms with Gasteiger partial charge in [-0.2, -0.15) is 0 Å². The highest BCUT2D eigenvalue weighted by Crippen LogP contribution is 2.55. The molecule has 4 aliphatic rings. The number of amides is 1. The third-order valence-corrected chi connectivity index (χ3v) is 5.50. The Balaban J connectivity index is 1.77. The monoisotopic (exact) mass is 255 g/mol. The normalized spacial score (nSPS) is 44.8. The largest absolute Gasteiger partial charge is 0.341 e. The first-order valence-electron chi connectivity index (χ1n) is 6.97. The second-order valence-corrected chi connectivity index (χ2v) is 7.14. The zero-order valence-corrected chi connectivity index (χ0v) is 11.5. The van der Waals surface area contributed by atoms with E-state index >= 15 is 0 Å². The molecule has 1 amide bonds. The van der Waals surface area contributed by atoms with Gasteiger partial charge in [0, 0.05) is 13.1 Å². The Labute approximate surface area is 109 Å². The highest BCUT2D eigenvalue weighted by molar-refractivity contribution is 6.30. The molecule has 4 rings (SSSR count). The lowest BCUT2D eigenvalue weighted by Gasteiger charge is -2.56. The molecule has 0 aromatic heterocycles. The Morgan fingerprint density at radius 1 is 1.12 bits per heavy atom. The minimum absolute atomic E-state index is 0.115. The van der Waals surface area contributed by atoms with Gasteiger partial charge in [-0.15, -0.1) is 11.6 Å². The number of carbonyl (C=O) groups is 1. The maximum atomic E-state index is 12.1. The van der Waals surface area contributed by atoms with Gasteiger partial charge in [-0.3, -0.25) is 4.79 Å². The van der Waals surface area contributed by atoms with Crippen LogP contribution in [0.3, 0.4) is 0 Å². The van der Waals surface area contributed by atoms with E-state index in [1.807, 2.05) is 11.9 Å². The Morgan fingerprint density at radius 3 is 2.00 bits per heavy atom. The molecule has 0 aliphatic heterocycles. The number of nitrogens with zero attached hydrogens (tertiary/aromatic N) is 1. The fourth-order valence-electron chi connectivity index (χ4n) is 4.96. The van der Waals surface area contributed by atoms with Crippen LogP contribution in [0.25, 0.3) is 0 Å².